The van der Waals surface area contributed by atoms with E-state index in [1.165, 1.54) is 41.2 Å². The predicted molar refractivity (Wildman–Crippen MR) is 91.3 cm³/mol. The molecule has 1 fully saturated rings. The maximum Gasteiger partial charge on any atom is 0.0361 e. The molecule has 1 aromatic rings. The third-order valence-corrected chi connectivity index (χ3v) is 5.57. The van der Waals surface area contributed by atoms with Gasteiger partial charge in [0.2, 0.25) is 0 Å². The van der Waals surface area contributed by atoms with Crippen molar-refractivity contribution < 1.29 is 0 Å². The first-order valence-corrected chi connectivity index (χ1v) is 8.83. The van der Waals surface area contributed by atoms with Gasteiger partial charge in [-0.05, 0) is 59.0 Å². The summed E-state index contributed by atoms with van der Waals surface area (Å²) in [7, 11) is 0. The van der Waals surface area contributed by atoms with E-state index in [-0.39, 0.29) is 0 Å². The van der Waals surface area contributed by atoms with E-state index in [0.717, 1.165) is 18.4 Å². The minimum atomic E-state index is 0.545. The summed E-state index contributed by atoms with van der Waals surface area (Å²) in [6, 6.07) is 9.43. The van der Waals surface area contributed by atoms with Crippen LogP contribution in [0.2, 0.25) is 0 Å². The highest BCUT2D eigenvalue weighted by molar-refractivity contribution is 14.1. The lowest BCUT2D eigenvalue weighted by molar-refractivity contribution is 0.176. The number of rotatable bonds is 5. The van der Waals surface area contributed by atoms with E-state index in [0.29, 0.717) is 6.04 Å². The fourth-order valence-electron chi connectivity index (χ4n) is 3.62. The Kier molecular flexibility index (Phi) is 6.14. The van der Waals surface area contributed by atoms with E-state index in [1.807, 2.05) is 0 Å². The molecule has 2 rings (SSSR count). The van der Waals surface area contributed by atoms with Crippen LogP contribution in [0.25, 0.3) is 0 Å². The first kappa shape index (κ1) is 15.3. The molecule has 3 unspecified atom stereocenters. The summed E-state index contributed by atoms with van der Waals surface area (Å²) >= 11 is 2.49. The second-order valence-electron chi connectivity index (χ2n) is 5.67. The van der Waals surface area contributed by atoms with E-state index < -0.39 is 0 Å². The molecule has 3 atom stereocenters. The quantitative estimate of drug-likeness (QED) is 0.705. The van der Waals surface area contributed by atoms with Crippen LogP contribution in [0.1, 0.15) is 57.6 Å². The third-order valence-electron chi connectivity index (χ3n) is 4.58. The molecule has 0 spiro atoms. The molecule has 19 heavy (non-hydrogen) atoms. The van der Waals surface area contributed by atoms with Crippen molar-refractivity contribution in [3.05, 3.63) is 33.4 Å². The largest absolute Gasteiger partial charge is 0.310 e. The van der Waals surface area contributed by atoms with Crippen molar-refractivity contribution in [3.63, 3.8) is 0 Å². The van der Waals surface area contributed by atoms with Gasteiger partial charge in [0.1, 0.15) is 0 Å². The lowest BCUT2D eigenvalue weighted by Crippen LogP contribution is -2.34. The Bertz CT molecular complexity index is 391. The van der Waals surface area contributed by atoms with Crippen LogP contribution in [0.4, 0.5) is 0 Å². The Morgan fingerprint density at radius 1 is 1.21 bits per heavy atom. The molecule has 106 valence electrons. The van der Waals surface area contributed by atoms with Crippen LogP contribution in [0.3, 0.4) is 0 Å². The molecule has 1 N–H and O–H groups in total. The number of nitrogens with one attached hydrogen (secondary N) is 1. The van der Waals surface area contributed by atoms with Gasteiger partial charge in [-0.3, -0.25) is 0 Å². The first-order valence-electron chi connectivity index (χ1n) is 7.75. The van der Waals surface area contributed by atoms with Gasteiger partial charge < -0.3 is 5.32 Å². The maximum atomic E-state index is 3.77. The van der Waals surface area contributed by atoms with Gasteiger partial charge >= 0.3 is 0 Å². The molecule has 0 saturated heterocycles. The molecular weight excluding hydrogens is 345 g/mol. The van der Waals surface area contributed by atoms with Crippen LogP contribution in [0, 0.1) is 15.4 Å². The Balaban J connectivity index is 2.26. The first-order chi connectivity index (χ1) is 9.27. The molecule has 1 nitrogen and oxygen atoms in total. The molecule has 1 aromatic carbocycles. The molecule has 0 radical (unpaired) electrons. The maximum absolute atomic E-state index is 3.77. The zero-order valence-corrected chi connectivity index (χ0v) is 14.3. The molecule has 0 amide bonds. The van der Waals surface area contributed by atoms with E-state index in [9.17, 15) is 0 Å². The van der Waals surface area contributed by atoms with Gasteiger partial charge in [0, 0.05) is 9.61 Å². The van der Waals surface area contributed by atoms with Gasteiger partial charge in [0.05, 0.1) is 0 Å². The average Bonchev–Trinajstić information content (AvgIpc) is 2.46. The molecule has 2 heteroatoms. The second kappa shape index (κ2) is 7.63. The summed E-state index contributed by atoms with van der Waals surface area (Å²) < 4.78 is 1.41. The monoisotopic (exact) mass is 371 g/mol. The second-order valence-corrected chi connectivity index (χ2v) is 6.84. The summed E-state index contributed by atoms with van der Waals surface area (Å²) in [6.07, 6.45) is 6.98. The van der Waals surface area contributed by atoms with Crippen LogP contribution in [-0.2, 0) is 0 Å². The van der Waals surface area contributed by atoms with Crippen LogP contribution in [0.15, 0.2) is 24.3 Å². The Labute approximate surface area is 131 Å². The van der Waals surface area contributed by atoms with Crippen LogP contribution < -0.4 is 5.32 Å². The smallest absolute Gasteiger partial charge is 0.0361 e. The van der Waals surface area contributed by atoms with Crippen LogP contribution in [0.5, 0.6) is 0 Å². The zero-order chi connectivity index (χ0) is 13.7. The van der Waals surface area contributed by atoms with Crippen molar-refractivity contribution in [3.8, 4) is 0 Å². The lowest BCUT2D eigenvalue weighted by atomic mass is 9.72. The zero-order valence-electron chi connectivity index (χ0n) is 12.2. The molecule has 0 bridgehead atoms. The molecule has 1 saturated carbocycles. The minimum absolute atomic E-state index is 0.545. The van der Waals surface area contributed by atoms with Gasteiger partial charge in [-0.15, -0.1) is 0 Å². The SMILES string of the molecule is CCNC(c1ccccc1I)C1CCCCC1CC. The third kappa shape index (κ3) is 3.72. The van der Waals surface area contributed by atoms with Gasteiger partial charge in [0.15, 0.2) is 0 Å². The predicted octanol–water partition coefficient (Wildman–Crippen LogP) is 5.16. The lowest BCUT2D eigenvalue weighted by Gasteiger charge is -2.38. The molecule has 0 aliphatic heterocycles. The fraction of sp³-hybridized carbons (Fsp3) is 0.647. The van der Waals surface area contributed by atoms with E-state index in [2.05, 4.69) is 66.0 Å². The molecule has 0 aromatic heterocycles. The normalized spacial score (nSPS) is 25.2. The minimum Gasteiger partial charge on any atom is -0.310 e. The summed E-state index contributed by atoms with van der Waals surface area (Å²) in [5, 5.41) is 3.77. The van der Waals surface area contributed by atoms with E-state index in [4.69, 9.17) is 0 Å². The summed E-state index contributed by atoms with van der Waals surface area (Å²) in [5.41, 5.74) is 1.51. The Morgan fingerprint density at radius 3 is 2.63 bits per heavy atom. The van der Waals surface area contributed by atoms with Crippen molar-refractivity contribution in [2.45, 2.75) is 52.0 Å². The highest BCUT2D eigenvalue weighted by Gasteiger charge is 2.31. The fourth-order valence-corrected chi connectivity index (χ4v) is 4.34. The van der Waals surface area contributed by atoms with Crippen molar-refractivity contribution >= 4 is 22.6 Å². The summed E-state index contributed by atoms with van der Waals surface area (Å²) in [5.74, 6) is 1.71. The number of hydrogen-bond donors (Lipinski definition) is 1. The molecular formula is C17H26IN. The highest BCUT2D eigenvalue weighted by atomic mass is 127. The topological polar surface area (TPSA) is 12.0 Å². The van der Waals surface area contributed by atoms with Gasteiger partial charge in [0.25, 0.3) is 0 Å². The number of hydrogen-bond acceptors (Lipinski definition) is 1. The standard InChI is InChI=1S/C17H26IN/c1-3-13-9-5-6-10-14(13)17(19-4-2)15-11-7-8-12-16(15)18/h7-8,11-14,17,19H,3-6,9-10H2,1-2H3. The van der Waals surface area contributed by atoms with E-state index in [1.54, 1.807) is 0 Å². The van der Waals surface area contributed by atoms with Crippen molar-refractivity contribution in [2.24, 2.45) is 11.8 Å². The van der Waals surface area contributed by atoms with Crippen LogP contribution >= 0.6 is 22.6 Å². The molecule has 1 aliphatic rings. The van der Waals surface area contributed by atoms with Crippen molar-refractivity contribution in [1.29, 1.82) is 0 Å². The Hall–Kier alpha value is -0.0900. The number of benzene rings is 1. The van der Waals surface area contributed by atoms with E-state index >= 15 is 0 Å². The average molecular weight is 371 g/mol. The van der Waals surface area contributed by atoms with Crippen molar-refractivity contribution in [2.75, 3.05) is 6.54 Å². The van der Waals surface area contributed by atoms with Crippen LogP contribution in [-0.4, -0.2) is 6.54 Å². The molecule has 1 aliphatic carbocycles. The van der Waals surface area contributed by atoms with Gasteiger partial charge in [-0.1, -0.05) is 57.7 Å². The summed E-state index contributed by atoms with van der Waals surface area (Å²) in [4.78, 5) is 0. The van der Waals surface area contributed by atoms with Gasteiger partial charge in [-0.25, -0.2) is 0 Å². The highest BCUT2D eigenvalue weighted by Crippen LogP contribution is 2.41. The van der Waals surface area contributed by atoms with Crippen molar-refractivity contribution in [1.82, 2.24) is 5.32 Å². The van der Waals surface area contributed by atoms with Gasteiger partial charge in [-0.2, -0.15) is 0 Å². The Morgan fingerprint density at radius 2 is 1.95 bits per heavy atom. The summed E-state index contributed by atoms with van der Waals surface area (Å²) in [6.45, 7) is 5.65. The number of halogens is 1. The molecule has 0 heterocycles.